The highest BCUT2D eigenvalue weighted by molar-refractivity contribution is 14.1. The van der Waals surface area contributed by atoms with E-state index in [9.17, 15) is 0 Å². The normalized spacial score (nSPS) is 41.4. The Hall–Kier alpha value is 1.00. The predicted molar refractivity (Wildman–Crippen MR) is 53.1 cm³/mol. The summed E-state index contributed by atoms with van der Waals surface area (Å²) in [4.78, 5) is 0. The molecule has 3 aliphatic heterocycles. The predicted octanol–water partition coefficient (Wildman–Crippen LogP) is 1.37. The van der Waals surface area contributed by atoms with E-state index in [0.717, 1.165) is 12.1 Å². The third-order valence-corrected chi connectivity index (χ3v) is 4.72. The van der Waals surface area contributed by atoms with E-state index in [1.807, 2.05) is 11.9 Å². The second-order valence-corrected chi connectivity index (χ2v) is 4.91. The molecule has 2 atom stereocenters. The SMILES string of the molecule is CSN1CC2CC(C1)N2I. The Labute approximate surface area is 79.9 Å². The van der Waals surface area contributed by atoms with Gasteiger partial charge in [-0.1, -0.05) is 11.9 Å². The van der Waals surface area contributed by atoms with Gasteiger partial charge in [0.25, 0.3) is 0 Å². The number of rotatable bonds is 1. The first-order valence-corrected chi connectivity index (χ1v) is 5.69. The molecule has 0 radical (unpaired) electrons. The molecule has 58 valence electrons. The average Bonchev–Trinajstić information content (AvgIpc) is 2.04. The summed E-state index contributed by atoms with van der Waals surface area (Å²) in [6.45, 7) is 2.53. The van der Waals surface area contributed by atoms with Gasteiger partial charge in [0.2, 0.25) is 0 Å². The van der Waals surface area contributed by atoms with Crippen LogP contribution in [-0.2, 0) is 0 Å². The molecule has 0 spiro atoms. The number of nitrogens with zero attached hydrogens (tertiary/aromatic N) is 2. The summed E-state index contributed by atoms with van der Waals surface area (Å²) in [6.07, 6.45) is 3.60. The van der Waals surface area contributed by atoms with Crippen molar-refractivity contribution in [2.75, 3.05) is 19.3 Å². The maximum atomic E-state index is 2.48. The van der Waals surface area contributed by atoms with Crippen molar-refractivity contribution in [2.24, 2.45) is 0 Å². The lowest BCUT2D eigenvalue weighted by Gasteiger charge is -2.52. The minimum absolute atomic E-state index is 0.854. The van der Waals surface area contributed by atoms with Crippen LogP contribution in [0.15, 0.2) is 0 Å². The first kappa shape index (κ1) is 7.64. The summed E-state index contributed by atoms with van der Waals surface area (Å²) in [5.74, 6) is 0. The Morgan fingerprint density at radius 1 is 1.40 bits per heavy atom. The summed E-state index contributed by atoms with van der Waals surface area (Å²) in [5.41, 5.74) is 0. The minimum atomic E-state index is 0.854. The van der Waals surface area contributed by atoms with E-state index >= 15 is 0 Å². The molecular formula is C6H11IN2S. The molecule has 2 nitrogen and oxygen atoms in total. The number of hydrogen-bond acceptors (Lipinski definition) is 3. The fourth-order valence-electron chi connectivity index (χ4n) is 1.67. The van der Waals surface area contributed by atoms with Crippen LogP contribution in [0, 0.1) is 0 Å². The average molecular weight is 270 g/mol. The topological polar surface area (TPSA) is 6.48 Å². The molecule has 0 aromatic carbocycles. The smallest absolute Gasteiger partial charge is 0.0350 e. The van der Waals surface area contributed by atoms with Crippen LogP contribution in [0.1, 0.15) is 6.42 Å². The van der Waals surface area contributed by atoms with E-state index in [1.54, 1.807) is 0 Å². The number of piperidine rings is 1. The van der Waals surface area contributed by atoms with E-state index in [-0.39, 0.29) is 0 Å². The van der Waals surface area contributed by atoms with Gasteiger partial charge in [-0.15, -0.1) is 0 Å². The molecule has 0 aromatic heterocycles. The van der Waals surface area contributed by atoms with Gasteiger partial charge in [0.1, 0.15) is 0 Å². The maximum absolute atomic E-state index is 2.48. The van der Waals surface area contributed by atoms with Crippen LogP contribution in [0.4, 0.5) is 0 Å². The van der Waals surface area contributed by atoms with E-state index in [2.05, 4.69) is 36.5 Å². The molecule has 0 saturated carbocycles. The van der Waals surface area contributed by atoms with Gasteiger partial charge in [0, 0.05) is 48.0 Å². The molecule has 4 heteroatoms. The summed E-state index contributed by atoms with van der Waals surface area (Å²) < 4.78 is 4.94. The van der Waals surface area contributed by atoms with E-state index in [1.165, 1.54) is 19.5 Å². The summed E-state index contributed by atoms with van der Waals surface area (Å²) >= 11 is 4.34. The first-order chi connectivity index (χ1) is 4.81. The summed E-state index contributed by atoms with van der Waals surface area (Å²) in [6, 6.07) is 1.71. The van der Waals surface area contributed by atoms with Crippen molar-refractivity contribution in [2.45, 2.75) is 18.5 Å². The lowest BCUT2D eigenvalue weighted by molar-refractivity contribution is 0.0621. The number of hydrogen-bond donors (Lipinski definition) is 0. The van der Waals surface area contributed by atoms with Crippen LogP contribution in [-0.4, -0.2) is 38.8 Å². The zero-order valence-corrected chi connectivity index (χ0v) is 8.93. The Morgan fingerprint density at radius 3 is 2.40 bits per heavy atom. The first-order valence-electron chi connectivity index (χ1n) is 3.54. The van der Waals surface area contributed by atoms with Gasteiger partial charge in [-0.3, -0.25) is 0 Å². The van der Waals surface area contributed by atoms with Gasteiger partial charge >= 0.3 is 0 Å². The Morgan fingerprint density at radius 2 is 2.00 bits per heavy atom. The lowest BCUT2D eigenvalue weighted by atomic mass is 9.93. The maximum Gasteiger partial charge on any atom is 0.0350 e. The monoisotopic (exact) mass is 270 g/mol. The van der Waals surface area contributed by atoms with Gasteiger partial charge in [-0.05, 0) is 12.7 Å². The minimum Gasteiger partial charge on any atom is -0.248 e. The third kappa shape index (κ3) is 1.09. The van der Waals surface area contributed by atoms with Crippen LogP contribution >= 0.6 is 34.8 Å². The van der Waals surface area contributed by atoms with Crippen molar-refractivity contribution < 1.29 is 0 Å². The highest BCUT2D eigenvalue weighted by Gasteiger charge is 2.43. The second kappa shape index (κ2) is 2.80. The molecule has 10 heavy (non-hydrogen) atoms. The molecule has 3 fully saturated rings. The zero-order valence-electron chi connectivity index (χ0n) is 5.96. The second-order valence-electron chi connectivity index (χ2n) is 2.92. The van der Waals surface area contributed by atoms with Crippen molar-refractivity contribution in [1.82, 2.24) is 7.42 Å². The lowest BCUT2D eigenvalue weighted by Crippen LogP contribution is -2.63. The number of halogens is 1. The molecule has 0 amide bonds. The molecule has 0 aliphatic carbocycles. The van der Waals surface area contributed by atoms with Crippen LogP contribution in [0.3, 0.4) is 0 Å². The fourth-order valence-corrected chi connectivity index (χ4v) is 3.12. The van der Waals surface area contributed by atoms with Crippen molar-refractivity contribution in [3.63, 3.8) is 0 Å². The van der Waals surface area contributed by atoms with Crippen LogP contribution in [0.5, 0.6) is 0 Å². The summed E-state index contributed by atoms with van der Waals surface area (Å²) in [7, 11) is 0. The van der Waals surface area contributed by atoms with Gasteiger partial charge < -0.3 is 0 Å². The number of fused-ring (bicyclic) bond motifs is 2. The van der Waals surface area contributed by atoms with Gasteiger partial charge in [0.05, 0.1) is 0 Å². The highest BCUT2D eigenvalue weighted by Crippen LogP contribution is 2.36. The molecule has 3 saturated heterocycles. The van der Waals surface area contributed by atoms with Crippen LogP contribution in [0.2, 0.25) is 0 Å². The zero-order chi connectivity index (χ0) is 7.14. The van der Waals surface area contributed by atoms with Crippen LogP contribution < -0.4 is 0 Å². The van der Waals surface area contributed by atoms with E-state index < -0.39 is 0 Å². The quantitative estimate of drug-likeness (QED) is 0.404. The number of piperazine rings is 1. The van der Waals surface area contributed by atoms with Crippen LogP contribution in [0.25, 0.3) is 0 Å². The third-order valence-electron chi connectivity index (χ3n) is 2.33. The highest BCUT2D eigenvalue weighted by atomic mass is 127. The molecule has 2 bridgehead atoms. The molecule has 3 heterocycles. The van der Waals surface area contributed by atoms with E-state index in [4.69, 9.17) is 0 Å². The van der Waals surface area contributed by atoms with E-state index in [0.29, 0.717) is 0 Å². The molecule has 0 aromatic rings. The molecule has 0 N–H and O–H groups in total. The largest absolute Gasteiger partial charge is 0.248 e. The fraction of sp³-hybridized carbons (Fsp3) is 1.00. The Kier molecular flexibility index (Phi) is 2.14. The van der Waals surface area contributed by atoms with Gasteiger partial charge in [0.15, 0.2) is 0 Å². The van der Waals surface area contributed by atoms with Crippen molar-refractivity contribution in [1.29, 1.82) is 0 Å². The molecule has 3 rings (SSSR count). The Balaban J connectivity index is 1.93. The Bertz CT molecular complexity index is 132. The molecule has 3 aliphatic rings. The molecular weight excluding hydrogens is 259 g/mol. The van der Waals surface area contributed by atoms with Crippen molar-refractivity contribution in [3.8, 4) is 0 Å². The van der Waals surface area contributed by atoms with Crippen molar-refractivity contribution >= 4 is 34.8 Å². The van der Waals surface area contributed by atoms with Gasteiger partial charge in [-0.25, -0.2) is 7.42 Å². The van der Waals surface area contributed by atoms with Gasteiger partial charge in [-0.2, -0.15) is 0 Å². The summed E-state index contributed by atoms with van der Waals surface area (Å²) in [5, 5.41) is 0. The standard InChI is InChI=1S/C6H11IN2S/c1-10-8-3-5-2-6(4-8)9(5)7/h5-6H,2-4H2,1H3. The van der Waals surface area contributed by atoms with Crippen molar-refractivity contribution in [3.05, 3.63) is 0 Å². The molecule has 2 unspecified atom stereocenters.